The number of aryl methyl sites for hydroxylation is 2. The highest BCUT2D eigenvalue weighted by atomic mass is 35.5. The smallest absolute Gasteiger partial charge is 0.131 e. The van der Waals surface area contributed by atoms with Gasteiger partial charge in [-0.1, -0.05) is 24.6 Å². The van der Waals surface area contributed by atoms with Crippen molar-refractivity contribution in [2.75, 3.05) is 17.2 Å². The van der Waals surface area contributed by atoms with E-state index in [4.69, 9.17) is 17.3 Å². The highest BCUT2D eigenvalue weighted by molar-refractivity contribution is 6.30. The summed E-state index contributed by atoms with van der Waals surface area (Å²) in [6, 6.07) is 7.95. The largest absolute Gasteiger partial charge is 0.399 e. The molecule has 2 rings (SSSR count). The van der Waals surface area contributed by atoms with Crippen molar-refractivity contribution in [1.29, 1.82) is 0 Å². The van der Waals surface area contributed by atoms with E-state index in [1.165, 1.54) is 0 Å². The van der Waals surface area contributed by atoms with Crippen LogP contribution in [0.3, 0.4) is 0 Å². The number of halogens is 1. The van der Waals surface area contributed by atoms with Gasteiger partial charge < -0.3 is 10.6 Å². The number of anilines is 2. The van der Waals surface area contributed by atoms with Crippen molar-refractivity contribution in [3.63, 3.8) is 0 Å². The molecule has 0 spiro atoms. The average Bonchev–Trinajstić information content (AvgIpc) is 2.64. The molecule has 1 aromatic carbocycles. The van der Waals surface area contributed by atoms with Crippen LogP contribution in [-0.2, 0) is 13.6 Å². The van der Waals surface area contributed by atoms with Gasteiger partial charge in [0.2, 0.25) is 0 Å². The SMILES string of the molecule is CCCN(Cc1c(C)nn(C)c1Cl)c1cccc(N)c1. The number of hydrogen-bond acceptors (Lipinski definition) is 3. The van der Waals surface area contributed by atoms with Crippen LogP contribution in [0.25, 0.3) is 0 Å². The summed E-state index contributed by atoms with van der Waals surface area (Å²) in [5, 5.41) is 5.07. The molecule has 108 valence electrons. The molecule has 2 aromatic rings. The quantitative estimate of drug-likeness (QED) is 0.860. The zero-order valence-electron chi connectivity index (χ0n) is 12.2. The van der Waals surface area contributed by atoms with Crippen LogP contribution in [0.1, 0.15) is 24.6 Å². The van der Waals surface area contributed by atoms with Crippen molar-refractivity contribution < 1.29 is 0 Å². The van der Waals surface area contributed by atoms with Crippen LogP contribution in [0.4, 0.5) is 11.4 Å². The molecule has 0 aliphatic carbocycles. The molecular formula is C15H21ClN4. The molecule has 0 amide bonds. The molecule has 2 N–H and O–H groups in total. The van der Waals surface area contributed by atoms with Crippen LogP contribution in [0.5, 0.6) is 0 Å². The lowest BCUT2D eigenvalue weighted by molar-refractivity contribution is 0.755. The Morgan fingerprint density at radius 3 is 2.70 bits per heavy atom. The Morgan fingerprint density at radius 2 is 2.15 bits per heavy atom. The summed E-state index contributed by atoms with van der Waals surface area (Å²) >= 11 is 6.33. The van der Waals surface area contributed by atoms with Crippen LogP contribution in [-0.4, -0.2) is 16.3 Å². The number of benzene rings is 1. The van der Waals surface area contributed by atoms with Crippen LogP contribution in [0.2, 0.25) is 5.15 Å². The van der Waals surface area contributed by atoms with Gasteiger partial charge in [0.1, 0.15) is 5.15 Å². The van der Waals surface area contributed by atoms with Crippen LogP contribution in [0.15, 0.2) is 24.3 Å². The summed E-state index contributed by atoms with van der Waals surface area (Å²) in [5.41, 5.74) is 9.82. The molecule has 4 nitrogen and oxygen atoms in total. The zero-order valence-corrected chi connectivity index (χ0v) is 13.0. The van der Waals surface area contributed by atoms with Crippen LogP contribution < -0.4 is 10.6 Å². The Kier molecular flexibility index (Phi) is 4.55. The number of rotatable bonds is 5. The minimum absolute atomic E-state index is 0.701. The summed E-state index contributed by atoms with van der Waals surface area (Å²) in [6.45, 7) is 5.85. The molecule has 0 atom stereocenters. The number of hydrogen-bond donors (Lipinski definition) is 1. The molecule has 0 aliphatic rings. The minimum atomic E-state index is 0.701. The highest BCUT2D eigenvalue weighted by Gasteiger charge is 2.15. The van der Waals surface area contributed by atoms with Gasteiger partial charge in [-0.25, -0.2) is 0 Å². The Labute approximate surface area is 125 Å². The summed E-state index contributed by atoms with van der Waals surface area (Å²) in [4.78, 5) is 2.28. The zero-order chi connectivity index (χ0) is 14.7. The van der Waals surface area contributed by atoms with Crippen molar-refractivity contribution in [2.45, 2.75) is 26.8 Å². The van der Waals surface area contributed by atoms with E-state index in [0.717, 1.165) is 42.1 Å². The maximum atomic E-state index is 6.33. The maximum Gasteiger partial charge on any atom is 0.131 e. The summed E-state index contributed by atoms with van der Waals surface area (Å²) < 4.78 is 1.72. The Balaban J connectivity index is 2.30. The van der Waals surface area contributed by atoms with Crippen LogP contribution >= 0.6 is 11.6 Å². The fourth-order valence-electron chi connectivity index (χ4n) is 2.34. The summed E-state index contributed by atoms with van der Waals surface area (Å²) in [7, 11) is 1.86. The van der Waals surface area contributed by atoms with Gasteiger partial charge in [0.05, 0.1) is 5.69 Å². The normalized spacial score (nSPS) is 10.8. The van der Waals surface area contributed by atoms with Crippen molar-refractivity contribution in [3.8, 4) is 0 Å². The first-order chi connectivity index (χ1) is 9.52. The van der Waals surface area contributed by atoms with Crippen LogP contribution in [0, 0.1) is 6.92 Å². The number of nitrogen functional groups attached to an aromatic ring is 1. The highest BCUT2D eigenvalue weighted by Crippen LogP contribution is 2.25. The predicted molar refractivity (Wildman–Crippen MR) is 85.2 cm³/mol. The molecule has 1 aromatic heterocycles. The molecule has 0 unspecified atom stereocenters. The van der Waals surface area contributed by atoms with E-state index in [2.05, 4.69) is 23.0 Å². The molecule has 0 aliphatic heterocycles. The third-order valence-corrected chi connectivity index (χ3v) is 3.82. The van der Waals surface area contributed by atoms with Crippen molar-refractivity contribution in [2.24, 2.45) is 7.05 Å². The van der Waals surface area contributed by atoms with Gasteiger partial charge in [-0.2, -0.15) is 5.10 Å². The molecule has 1 heterocycles. The maximum absolute atomic E-state index is 6.33. The van der Waals surface area contributed by atoms with E-state index < -0.39 is 0 Å². The van der Waals surface area contributed by atoms with E-state index in [1.807, 2.05) is 32.2 Å². The summed E-state index contributed by atoms with van der Waals surface area (Å²) in [5.74, 6) is 0. The van der Waals surface area contributed by atoms with Gasteiger partial charge in [0, 0.05) is 37.1 Å². The molecule has 0 saturated carbocycles. The Bertz CT molecular complexity index is 592. The lowest BCUT2D eigenvalue weighted by Gasteiger charge is -2.24. The molecule has 20 heavy (non-hydrogen) atoms. The van der Waals surface area contributed by atoms with Gasteiger partial charge in [-0.3, -0.25) is 4.68 Å². The Morgan fingerprint density at radius 1 is 1.40 bits per heavy atom. The second kappa shape index (κ2) is 6.18. The lowest BCUT2D eigenvalue weighted by atomic mass is 10.2. The third kappa shape index (κ3) is 3.07. The first-order valence-corrected chi connectivity index (χ1v) is 7.19. The average molecular weight is 293 g/mol. The monoisotopic (exact) mass is 292 g/mol. The van der Waals surface area contributed by atoms with Gasteiger partial charge in [0.25, 0.3) is 0 Å². The molecule has 5 heteroatoms. The topological polar surface area (TPSA) is 47.1 Å². The van der Waals surface area contributed by atoms with E-state index in [1.54, 1.807) is 4.68 Å². The Hall–Kier alpha value is -1.68. The molecule has 0 radical (unpaired) electrons. The van der Waals surface area contributed by atoms with Gasteiger partial charge >= 0.3 is 0 Å². The number of aromatic nitrogens is 2. The number of nitrogens with two attached hydrogens (primary N) is 1. The van der Waals surface area contributed by atoms with Crippen molar-refractivity contribution >= 4 is 23.0 Å². The fourth-order valence-corrected chi connectivity index (χ4v) is 2.57. The second-order valence-electron chi connectivity index (χ2n) is 4.99. The first-order valence-electron chi connectivity index (χ1n) is 6.81. The van der Waals surface area contributed by atoms with Gasteiger partial charge in [-0.05, 0) is 31.5 Å². The lowest BCUT2D eigenvalue weighted by Crippen LogP contribution is -2.24. The van der Waals surface area contributed by atoms with E-state index >= 15 is 0 Å². The fraction of sp³-hybridized carbons (Fsp3) is 0.400. The predicted octanol–water partition coefficient (Wildman–Crippen LogP) is 3.38. The number of nitrogens with zero attached hydrogens (tertiary/aromatic N) is 3. The van der Waals surface area contributed by atoms with E-state index in [9.17, 15) is 0 Å². The van der Waals surface area contributed by atoms with E-state index in [0.29, 0.717) is 5.15 Å². The van der Waals surface area contributed by atoms with E-state index in [-0.39, 0.29) is 0 Å². The van der Waals surface area contributed by atoms with Gasteiger partial charge in [-0.15, -0.1) is 0 Å². The third-order valence-electron chi connectivity index (χ3n) is 3.35. The molecule has 0 bridgehead atoms. The van der Waals surface area contributed by atoms with Crippen molar-refractivity contribution in [1.82, 2.24) is 9.78 Å². The van der Waals surface area contributed by atoms with Crippen molar-refractivity contribution in [3.05, 3.63) is 40.7 Å². The van der Waals surface area contributed by atoms with Gasteiger partial charge in [0.15, 0.2) is 0 Å². The standard InChI is InChI=1S/C15H21ClN4/c1-4-8-20(13-7-5-6-12(17)9-13)10-14-11(2)18-19(3)15(14)16/h5-7,9H,4,8,10,17H2,1-3H3. The second-order valence-corrected chi connectivity index (χ2v) is 5.35. The molecule has 0 saturated heterocycles. The minimum Gasteiger partial charge on any atom is -0.399 e. The molecular weight excluding hydrogens is 272 g/mol. The first kappa shape index (κ1) is 14.7. The molecule has 0 fully saturated rings. The summed E-state index contributed by atoms with van der Waals surface area (Å²) in [6.07, 6.45) is 1.06.